The number of aromatic nitrogens is 2. The van der Waals surface area contributed by atoms with Gasteiger partial charge in [-0.25, -0.2) is 9.48 Å². The normalized spacial score (nSPS) is 14.3. The molecule has 0 N–H and O–H groups in total. The molecule has 0 atom stereocenters. The Hall–Kier alpha value is -2.18. The number of ketones is 1. The second kappa shape index (κ2) is 6.52. The van der Waals surface area contributed by atoms with Gasteiger partial charge in [0.1, 0.15) is 17.8 Å². The Bertz CT molecular complexity index is 640. The molecule has 0 aromatic carbocycles. The molecule has 1 aliphatic carbocycles. The van der Waals surface area contributed by atoms with Gasteiger partial charge in [0.15, 0.2) is 11.5 Å². The van der Waals surface area contributed by atoms with Crippen molar-refractivity contribution >= 4 is 17.7 Å². The Morgan fingerprint density at radius 3 is 2.57 bits per heavy atom. The molecule has 0 unspecified atom stereocenters. The maximum atomic E-state index is 12.2. The highest BCUT2D eigenvalue weighted by Gasteiger charge is 2.31. The van der Waals surface area contributed by atoms with E-state index < -0.39 is 17.5 Å². The first-order valence-corrected chi connectivity index (χ1v) is 7.74. The van der Waals surface area contributed by atoms with Crippen LogP contribution in [0.15, 0.2) is 0 Å². The van der Waals surface area contributed by atoms with E-state index in [9.17, 15) is 14.4 Å². The van der Waals surface area contributed by atoms with Crippen LogP contribution < -0.4 is 0 Å². The average molecular weight is 322 g/mol. The summed E-state index contributed by atoms with van der Waals surface area (Å²) in [6.45, 7) is 6.95. The van der Waals surface area contributed by atoms with Crippen LogP contribution in [0.4, 0.5) is 0 Å². The maximum Gasteiger partial charge on any atom is 0.356 e. The Morgan fingerprint density at radius 2 is 1.96 bits per heavy atom. The highest BCUT2D eigenvalue weighted by Crippen LogP contribution is 2.25. The molecule has 0 saturated heterocycles. The molecule has 7 heteroatoms. The van der Waals surface area contributed by atoms with Gasteiger partial charge in [-0.15, -0.1) is 0 Å². The van der Waals surface area contributed by atoms with Crippen LogP contribution in [-0.4, -0.2) is 39.7 Å². The Balaban J connectivity index is 2.36. The topological polar surface area (TPSA) is 87.5 Å². The first-order chi connectivity index (χ1) is 10.7. The molecule has 1 aromatic rings. The zero-order valence-corrected chi connectivity index (χ0v) is 14.0. The van der Waals surface area contributed by atoms with Crippen molar-refractivity contribution in [2.45, 2.75) is 59.1 Å². The van der Waals surface area contributed by atoms with Crippen LogP contribution in [0, 0.1) is 0 Å². The quantitative estimate of drug-likeness (QED) is 0.787. The van der Waals surface area contributed by atoms with Crippen molar-refractivity contribution in [1.29, 1.82) is 0 Å². The fourth-order valence-corrected chi connectivity index (χ4v) is 2.54. The van der Waals surface area contributed by atoms with Gasteiger partial charge in [0, 0.05) is 12.0 Å². The van der Waals surface area contributed by atoms with Crippen molar-refractivity contribution in [3.8, 4) is 0 Å². The molecule has 23 heavy (non-hydrogen) atoms. The van der Waals surface area contributed by atoms with Crippen LogP contribution in [0.2, 0.25) is 0 Å². The summed E-state index contributed by atoms with van der Waals surface area (Å²) in [5.74, 6) is -1.20. The number of hydrogen-bond acceptors (Lipinski definition) is 6. The molecule has 0 aliphatic heterocycles. The number of nitrogens with zero attached hydrogens (tertiary/aromatic N) is 2. The SMILES string of the molecule is CCOC(=O)c1c2c(nn1CC(=O)OC(C)(C)C)C(=O)CCC2. The van der Waals surface area contributed by atoms with Crippen LogP contribution in [0.25, 0.3) is 0 Å². The number of esters is 2. The number of fused-ring (bicyclic) bond motifs is 1. The second-order valence-electron chi connectivity index (χ2n) is 6.42. The van der Waals surface area contributed by atoms with E-state index in [0.29, 0.717) is 24.8 Å². The van der Waals surface area contributed by atoms with E-state index >= 15 is 0 Å². The van der Waals surface area contributed by atoms with Gasteiger partial charge in [0.2, 0.25) is 0 Å². The average Bonchev–Trinajstić information content (AvgIpc) is 2.76. The largest absolute Gasteiger partial charge is 0.461 e. The molecule has 2 rings (SSSR count). The van der Waals surface area contributed by atoms with Crippen molar-refractivity contribution < 1.29 is 23.9 Å². The summed E-state index contributed by atoms with van der Waals surface area (Å²) in [4.78, 5) is 36.3. The van der Waals surface area contributed by atoms with Gasteiger partial charge in [-0.05, 0) is 40.5 Å². The molecule has 0 fully saturated rings. The summed E-state index contributed by atoms with van der Waals surface area (Å²) in [6.07, 6.45) is 1.64. The summed E-state index contributed by atoms with van der Waals surface area (Å²) in [6, 6.07) is 0. The molecular formula is C16H22N2O5. The third-order valence-corrected chi connectivity index (χ3v) is 3.31. The van der Waals surface area contributed by atoms with Gasteiger partial charge in [0.05, 0.1) is 6.61 Å². The molecule has 0 saturated carbocycles. The van der Waals surface area contributed by atoms with E-state index in [1.807, 2.05) is 0 Å². The van der Waals surface area contributed by atoms with E-state index in [1.54, 1.807) is 27.7 Å². The summed E-state index contributed by atoms with van der Waals surface area (Å²) in [5.41, 5.74) is 0.385. The van der Waals surface area contributed by atoms with E-state index in [1.165, 1.54) is 4.68 Å². The minimum atomic E-state index is -0.635. The lowest BCUT2D eigenvalue weighted by atomic mass is 9.95. The Labute approximate surface area is 134 Å². The third-order valence-electron chi connectivity index (χ3n) is 3.31. The molecule has 0 bridgehead atoms. The first-order valence-electron chi connectivity index (χ1n) is 7.74. The highest BCUT2D eigenvalue weighted by molar-refractivity contribution is 6.00. The Kier molecular flexibility index (Phi) is 4.87. The van der Waals surface area contributed by atoms with E-state index in [0.717, 1.165) is 0 Å². The lowest BCUT2D eigenvalue weighted by Gasteiger charge is -2.19. The molecule has 1 heterocycles. The van der Waals surface area contributed by atoms with Crippen molar-refractivity contribution in [3.05, 3.63) is 17.0 Å². The zero-order chi connectivity index (χ0) is 17.2. The fraction of sp³-hybridized carbons (Fsp3) is 0.625. The van der Waals surface area contributed by atoms with Gasteiger partial charge in [0.25, 0.3) is 0 Å². The second-order valence-corrected chi connectivity index (χ2v) is 6.42. The first kappa shape index (κ1) is 17.2. The molecule has 1 aliphatic rings. The minimum Gasteiger partial charge on any atom is -0.461 e. The van der Waals surface area contributed by atoms with Gasteiger partial charge in [-0.1, -0.05) is 0 Å². The van der Waals surface area contributed by atoms with Crippen molar-refractivity contribution in [2.75, 3.05) is 6.61 Å². The molecular weight excluding hydrogens is 300 g/mol. The van der Waals surface area contributed by atoms with Crippen LogP contribution in [0.1, 0.15) is 67.1 Å². The summed E-state index contributed by atoms with van der Waals surface area (Å²) >= 11 is 0. The van der Waals surface area contributed by atoms with E-state index in [-0.39, 0.29) is 30.3 Å². The van der Waals surface area contributed by atoms with Crippen LogP contribution in [0.5, 0.6) is 0 Å². The zero-order valence-electron chi connectivity index (χ0n) is 14.0. The maximum absolute atomic E-state index is 12.2. The van der Waals surface area contributed by atoms with Gasteiger partial charge < -0.3 is 9.47 Å². The van der Waals surface area contributed by atoms with Crippen molar-refractivity contribution in [3.63, 3.8) is 0 Å². The lowest BCUT2D eigenvalue weighted by Crippen LogP contribution is -2.28. The lowest BCUT2D eigenvalue weighted by molar-refractivity contribution is -0.155. The van der Waals surface area contributed by atoms with Gasteiger partial charge in [-0.2, -0.15) is 5.10 Å². The summed E-state index contributed by atoms with van der Waals surface area (Å²) in [7, 11) is 0. The number of carbonyl (C=O) groups excluding carboxylic acids is 3. The molecule has 1 aromatic heterocycles. The smallest absolute Gasteiger partial charge is 0.356 e. The highest BCUT2D eigenvalue weighted by atomic mass is 16.6. The van der Waals surface area contributed by atoms with Gasteiger partial charge >= 0.3 is 11.9 Å². The number of rotatable bonds is 4. The number of hydrogen-bond donors (Lipinski definition) is 0. The molecule has 126 valence electrons. The fourth-order valence-electron chi connectivity index (χ4n) is 2.54. The predicted octanol–water partition coefficient (Wildman–Crippen LogP) is 1.92. The molecule has 7 nitrogen and oxygen atoms in total. The summed E-state index contributed by atoms with van der Waals surface area (Å²) in [5, 5.41) is 4.17. The minimum absolute atomic E-state index is 0.111. The van der Waals surface area contributed by atoms with Crippen LogP contribution in [-0.2, 0) is 27.2 Å². The van der Waals surface area contributed by atoms with Gasteiger partial charge in [-0.3, -0.25) is 9.59 Å². The van der Waals surface area contributed by atoms with Crippen molar-refractivity contribution in [1.82, 2.24) is 9.78 Å². The molecule has 0 spiro atoms. The number of ether oxygens (including phenoxy) is 2. The number of Topliss-reactive ketones (excluding diaryl/α,β-unsaturated/α-hetero) is 1. The Morgan fingerprint density at radius 1 is 1.26 bits per heavy atom. The molecule has 0 radical (unpaired) electrons. The van der Waals surface area contributed by atoms with E-state index in [2.05, 4.69) is 5.10 Å². The summed E-state index contributed by atoms with van der Waals surface area (Å²) < 4.78 is 11.5. The predicted molar refractivity (Wildman–Crippen MR) is 81.3 cm³/mol. The van der Waals surface area contributed by atoms with E-state index in [4.69, 9.17) is 9.47 Å². The van der Waals surface area contributed by atoms with Crippen LogP contribution >= 0.6 is 0 Å². The van der Waals surface area contributed by atoms with Crippen molar-refractivity contribution in [2.24, 2.45) is 0 Å². The van der Waals surface area contributed by atoms with Crippen LogP contribution in [0.3, 0.4) is 0 Å². The number of carbonyl (C=O) groups is 3. The third kappa shape index (κ3) is 3.97. The standard InChI is InChI=1S/C16H22N2O5/c1-5-22-15(21)14-10-7-6-8-11(19)13(10)17-18(14)9-12(20)23-16(2,3)4/h5-9H2,1-4H3. The monoisotopic (exact) mass is 322 g/mol. The molecule has 0 amide bonds.